The third kappa shape index (κ3) is 12.0. The van der Waals surface area contributed by atoms with Gasteiger partial charge >= 0.3 is 0 Å². The second-order valence-corrected chi connectivity index (χ2v) is 19.1. The van der Waals surface area contributed by atoms with Crippen LogP contribution in [0.15, 0.2) is 89.9 Å². The molecule has 0 amide bonds. The first kappa shape index (κ1) is 55.4. The van der Waals surface area contributed by atoms with Crippen molar-refractivity contribution >= 4 is 57.5 Å². The molecule has 2 saturated heterocycles. The summed E-state index contributed by atoms with van der Waals surface area (Å²) >= 11 is 12.2. The summed E-state index contributed by atoms with van der Waals surface area (Å²) in [6, 6.07) is 24.0. The smallest absolute Gasteiger partial charge is 0.187 e. The number of nitrogens with zero attached hydrogens (tertiary/aromatic N) is 3. The zero-order valence-corrected chi connectivity index (χ0v) is 41.6. The molecule has 0 aromatic heterocycles. The number of aromatic nitrogens is 2. The molecule has 8 rings (SSSR count). The van der Waals surface area contributed by atoms with E-state index in [1.807, 2.05) is 66.7 Å². The number of aliphatic hydroxyl groups is 8. The van der Waals surface area contributed by atoms with Crippen LogP contribution in [0.2, 0.25) is 10.0 Å². The molecule has 5 aliphatic rings. The first-order chi connectivity index (χ1) is 34.7. The molecule has 15 atom stereocenters. The quantitative estimate of drug-likeness (QED) is 0.0403. The Labute approximate surface area is 429 Å². The molecular weight excluding hydrogens is 993 g/mol. The molecule has 3 aliphatic heterocycles. The average Bonchev–Trinajstić information content (AvgIpc) is 3.59. The summed E-state index contributed by atoms with van der Waals surface area (Å²) in [5, 5.41) is 113. The summed E-state index contributed by atoms with van der Waals surface area (Å²) < 4.78 is 25.4. The van der Waals surface area contributed by atoms with E-state index in [2.05, 4.69) is 57.9 Å². The SMILES string of the molecule is CC(C)/N=c1\cc2n(-c3ccc(Cl)cc3)c3ccccc3nc-2cc1Nc1ccc(Cl)cc1.CN[C@@H]1[C@H](O[C@H]2[C@H](O[C@H]3[C@H](O)[C@@H](O)[C@H](NC(=N)N)[C@@H](O)[C@@H]3NC(=N)N)O[C@@H](C)[C@]2(O)CO)O[C@@H](CO)[C@H](O)[C@H]1O. The second kappa shape index (κ2) is 23.5. The van der Waals surface area contributed by atoms with Gasteiger partial charge in [0.05, 0.1) is 77.0 Å². The van der Waals surface area contributed by atoms with Crippen molar-refractivity contribution in [3.05, 3.63) is 100 Å². The Bertz CT molecular complexity index is 2730. The van der Waals surface area contributed by atoms with Gasteiger partial charge in [0.2, 0.25) is 0 Å². The molecule has 18 N–H and O–H groups in total. The predicted octanol–water partition coefficient (Wildman–Crippen LogP) is -0.459. The molecule has 25 heteroatoms. The zero-order chi connectivity index (χ0) is 53.1. The molecule has 0 spiro atoms. The number of guanidine groups is 2. The number of para-hydroxylation sites is 2. The number of hydrogen-bond donors (Lipinski definition) is 16. The van der Waals surface area contributed by atoms with Gasteiger partial charge in [0.25, 0.3) is 0 Å². The van der Waals surface area contributed by atoms with Crippen LogP contribution in [0.4, 0.5) is 11.4 Å². The molecule has 0 bridgehead atoms. The normalized spacial score (nSPS) is 31.5. The van der Waals surface area contributed by atoms with Crippen LogP contribution in [-0.4, -0.2) is 180 Å². The van der Waals surface area contributed by atoms with Crippen molar-refractivity contribution in [1.29, 1.82) is 10.8 Å². The number of nitrogens with two attached hydrogens (primary N) is 2. The van der Waals surface area contributed by atoms with Gasteiger partial charge in [-0.05, 0) is 101 Å². The molecule has 3 heterocycles. The fraction of sp³-hybridized carbons (Fsp3) is 0.458. The fourth-order valence-electron chi connectivity index (χ4n) is 9.15. The minimum atomic E-state index is -2.15. The summed E-state index contributed by atoms with van der Waals surface area (Å²) in [5.41, 5.74) is 15.2. The number of benzene rings is 4. The van der Waals surface area contributed by atoms with Crippen molar-refractivity contribution in [1.82, 2.24) is 25.5 Å². The van der Waals surface area contributed by atoms with E-state index in [4.69, 9.17) is 74.4 Å². The van der Waals surface area contributed by atoms with Gasteiger partial charge in [0.15, 0.2) is 24.5 Å². The minimum absolute atomic E-state index is 0.130. The van der Waals surface area contributed by atoms with Crippen molar-refractivity contribution in [3.8, 4) is 17.1 Å². The molecule has 1 saturated carbocycles. The standard InChI is InChI=1S/C27H22Cl2N4.C21H41N7O12/c1-17(2)30-24-16-27-25(15-23(24)31-20-11-7-18(28)8-12-20)32-22-5-3-4-6-26(22)33(27)21-13-9-19(29)10-14-21;1-5-21(36,4-30)16(40-17-9(26-2)13(34)10(31)6(3-29)38-17)18(37-5)39-15-8(28-20(24)25)11(32)7(27-19(22)23)12(33)14(15)35/h3-17,31H,1-2H3;5-18,26,29-36H,3-4H2,1-2H3,(H4,22,23,27)(H4,24,25,28)/b30-24+;/t;5-,6-,7+,8-,9-,10-,11+,12-,13-,14+,15+,16-,17-,18-,21+/m.0/s1. The van der Waals surface area contributed by atoms with Gasteiger partial charge in [0.1, 0.15) is 48.3 Å². The number of aliphatic hydroxyl groups excluding tert-OH is 7. The highest BCUT2D eigenvalue weighted by atomic mass is 35.5. The van der Waals surface area contributed by atoms with Gasteiger partial charge in [-0.2, -0.15) is 0 Å². The second-order valence-electron chi connectivity index (χ2n) is 18.2. The lowest BCUT2D eigenvalue weighted by atomic mass is 9.81. The summed E-state index contributed by atoms with van der Waals surface area (Å²) in [4.78, 5) is 9.87. The Morgan fingerprint density at radius 1 is 0.808 bits per heavy atom. The van der Waals surface area contributed by atoms with Gasteiger partial charge in [-0.1, -0.05) is 35.3 Å². The lowest BCUT2D eigenvalue weighted by molar-refractivity contribution is -0.318. The number of nitrogens with one attached hydrogen (secondary N) is 6. The number of halogens is 2. The van der Waals surface area contributed by atoms with Crippen LogP contribution in [0.5, 0.6) is 0 Å². The van der Waals surface area contributed by atoms with Crippen molar-refractivity contribution in [3.63, 3.8) is 0 Å². The summed E-state index contributed by atoms with van der Waals surface area (Å²) in [7, 11) is 1.43. The summed E-state index contributed by atoms with van der Waals surface area (Å²) in [5.74, 6) is -1.26. The van der Waals surface area contributed by atoms with Crippen molar-refractivity contribution in [2.75, 3.05) is 25.6 Å². The Hall–Kier alpha value is -5.32. The fourth-order valence-corrected chi connectivity index (χ4v) is 9.40. The molecule has 3 aromatic rings. The van der Waals surface area contributed by atoms with Crippen LogP contribution in [0.1, 0.15) is 20.8 Å². The molecule has 73 heavy (non-hydrogen) atoms. The maximum atomic E-state index is 11.3. The lowest BCUT2D eigenvalue weighted by Crippen LogP contribution is -2.73. The van der Waals surface area contributed by atoms with Crippen molar-refractivity contribution < 1.29 is 59.8 Å². The summed E-state index contributed by atoms with van der Waals surface area (Å²) in [6.45, 7) is 3.93. The van der Waals surface area contributed by atoms with Crippen molar-refractivity contribution in [2.45, 2.75) is 118 Å². The summed E-state index contributed by atoms with van der Waals surface area (Å²) in [6.07, 6.45) is -16.9. The predicted molar refractivity (Wildman–Crippen MR) is 271 cm³/mol. The topological polar surface area (TPSA) is 377 Å². The van der Waals surface area contributed by atoms with Crippen LogP contribution in [0.3, 0.4) is 0 Å². The molecule has 0 unspecified atom stereocenters. The van der Waals surface area contributed by atoms with Gasteiger partial charge in [-0.25, -0.2) is 4.98 Å². The Morgan fingerprint density at radius 3 is 2.03 bits per heavy atom. The molecule has 3 aromatic carbocycles. The van der Waals surface area contributed by atoms with E-state index in [0.717, 1.165) is 44.8 Å². The van der Waals surface area contributed by atoms with Crippen molar-refractivity contribution in [2.24, 2.45) is 16.5 Å². The zero-order valence-electron chi connectivity index (χ0n) is 40.1. The number of fused-ring (bicyclic) bond motifs is 2. The Balaban J connectivity index is 0.000000217. The van der Waals surface area contributed by atoms with Crippen LogP contribution < -0.4 is 38.1 Å². The van der Waals surface area contributed by atoms with Crippen LogP contribution in [0, 0.1) is 10.8 Å². The Morgan fingerprint density at radius 2 is 1.42 bits per heavy atom. The first-order valence-electron chi connectivity index (χ1n) is 23.3. The van der Waals surface area contributed by atoms with E-state index in [1.54, 1.807) is 0 Å². The third-order valence-electron chi connectivity index (χ3n) is 12.9. The van der Waals surface area contributed by atoms with Gasteiger partial charge in [-0.15, -0.1) is 0 Å². The highest BCUT2D eigenvalue weighted by Crippen LogP contribution is 2.39. The Kier molecular flexibility index (Phi) is 17.8. The van der Waals surface area contributed by atoms with E-state index in [9.17, 15) is 40.9 Å². The van der Waals surface area contributed by atoms with Gasteiger partial charge in [0, 0.05) is 27.5 Å². The number of hydrogen-bond acceptors (Lipinski definition) is 18. The van der Waals surface area contributed by atoms with Crippen LogP contribution in [0.25, 0.3) is 28.1 Å². The first-order valence-corrected chi connectivity index (χ1v) is 24.1. The van der Waals surface area contributed by atoms with Crippen LogP contribution in [-0.2, 0) is 18.9 Å². The van der Waals surface area contributed by atoms with Crippen LogP contribution >= 0.6 is 23.2 Å². The van der Waals surface area contributed by atoms with E-state index in [0.29, 0.717) is 10.0 Å². The molecule has 3 fully saturated rings. The van der Waals surface area contributed by atoms with E-state index >= 15 is 0 Å². The molecule has 23 nitrogen and oxygen atoms in total. The monoisotopic (exact) mass is 1060 g/mol. The average molecular weight is 1060 g/mol. The number of ether oxygens (including phenoxy) is 4. The number of anilines is 2. The van der Waals surface area contributed by atoms with E-state index in [-0.39, 0.29) is 6.04 Å². The highest BCUT2D eigenvalue weighted by Gasteiger charge is 2.60. The molecule has 0 radical (unpaired) electrons. The van der Waals surface area contributed by atoms with E-state index in [1.165, 1.54) is 14.0 Å². The molecule has 2 aliphatic carbocycles. The highest BCUT2D eigenvalue weighted by molar-refractivity contribution is 6.30. The van der Waals surface area contributed by atoms with Gasteiger partial charge in [-0.3, -0.25) is 15.8 Å². The minimum Gasteiger partial charge on any atom is -0.394 e. The third-order valence-corrected chi connectivity index (χ3v) is 13.4. The number of likely N-dealkylation sites (N-methyl/N-ethyl adjacent to an activating group) is 1. The lowest BCUT2D eigenvalue weighted by Gasteiger charge is -2.47. The maximum absolute atomic E-state index is 11.3. The van der Waals surface area contributed by atoms with E-state index < -0.39 is 116 Å². The van der Waals surface area contributed by atoms with Gasteiger partial charge < -0.3 is 97.1 Å². The largest absolute Gasteiger partial charge is 0.394 e. The number of rotatable bonds is 13. The molecular formula is C48H63Cl2N11O12. The molecule has 396 valence electrons. The maximum Gasteiger partial charge on any atom is 0.187 e.